The summed E-state index contributed by atoms with van der Waals surface area (Å²) in [6, 6.07) is 9.03. The van der Waals surface area contributed by atoms with Gasteiger partial charge in [-0.2, -0.15) is 0 Å². The molecule has 0 aliphatic heterocycles. The largest absolute Gasteiger partial charge is 0.507 e. The molecule has 0 fully saturated rings. The van der Waals surface area contributed by atoms with Gasteiger partial charge in [-0.15, -0.1) is 0 Å². The summed E-state index contributed by atoms with van der Waals surface area (Å²) in [5, 5.41) is 10.1. The lowest BCUT2D eigenvalue weighted by atomic mass is 9.83. The minimum absolute atomic E-state index is 0.0159. The zero-order valence-electron chi connectivity index (χ0n) is 13.9. The maximum atomic E-state index is 12.8. The first-order valence-electron chi connectivity index (χ1n) is 8.29. The Balaban J connectivity index is 2.00. The number of phenolic OH excluding ortho intramolecular Hbond substituents is 1. The summed E-state index contributed by atoms with van der Waals surface area (Å²) < 4.78 is 5.33. The lowest BCUT2D eigenvalue weighted by Gasteiger charge is -2.20. The van der Waals surface area contributed by atoms with Crippen LogP contribution in [0.4, 0.5) is 0 Å². The Morgan fingerprint density at radius 1 is 0.960 bits per heavy atom. The molecule has 25 heavy (non-hydrogen) atoms. The molecule has 0 aromatic heterocycles. The Morgan fingerprint density at radius 3 is 2.24 bits per heavy atom. The molecule has 0 unspecified atom stereocenters. The fourth-order valence-corrected chi connectivity index (χ4v) is 2.95. The number of hydrogen-bond donors (Lipinski definition) is 1. The molecule has 0 amide bonds. The minimum Gasteiger partial charge on any atom is -0.507 e. The highest BCUT2D eigenvalue weighted by atomic mass is 16.5. The number of aromatic hydroxyl groups is 1. The van der Waals surface area contributed by atoms with Gasteiger partial charge in [0.05, 0.1) is 11.1 Å². The van der Waals surface area contributed by atoms with E-state index in [2.05, 4.69) is 0 Å². The zero-order valence-corrected chi connectivity index (χ0v) is 13.9. The molecule has 0 saturated carbocycles. The number of carbonyl (C=O) groups excluding carboxylic acids is 3. The third kappa shape index (κ3) is 3.05. The van der Waals surface area contributed by atoms with Crippen LogP contribution in [-0.4, -0.2) is 22.6 Å². The number of esters is 1. The SMILES string of the molecule is CCCCCC(=O)Oc1ccc(O)c2c1C(=O)c1ccccc1C2=O. The number of carbonyl (C=O) groups is 3. The molecule has 2 aromatic carbocycles. The molecule has 0 heterocycles. The maximum absolute atomic E-state index is 12.8. The fraction of sp³-hybridized carbons (Fsp3) is 0.250. The van der Waals surface area contributed by atoms with Crippen LogP contribution in [0.2, 0.25) is 0 Å². The predicted octanol–water partition coefficient (Wildman–Crippen LogP) is 3.65. The van der Waals surface area contributed by atoms with Gasteiger partial charge in [0.2, 0.25) is 0 Å². The highest BCUT2D eigenvalue weighted by Gasteiger charge is 2.35. The number of phenols is 1. The molecule has 5 heteroatoms. The maximum Gasteiger partial charge on any atom is 0.311 e. The van der Waals surface area contributed by atoms with Crippen molar-refractivity contribution in [2.75, 3.05) is 0 Å². The zero-order chi connectivity index (χ0) is 18.0. The molecule has 0 bridgehead atoms. The highest BCUT2D eigenvalue weighted by molar-refractivity contribution is 6.30. The van der Waals surface area contributed by atoms with E-state index in [4.69, 9.17) is 4.74 Å². The number of ketones is 2. The van der Waals surface area contributed by atoms with E-state index in [9.17, 15) is 19.5 Å². The molecule has 3 rings (SSSR count). The van der Waals surface area contributed by atoms with E-state index >= 15 is 0 Å². The van der Waals surface area contributed by atoms with E-state index in [1.165, 1.54) is 12.1 Å². The molecule has 5 nitrogen and oxygen atoms in total. The molecule has 0 radical (unpaired) electrons. The van der Waals surface area contributed by atoms with Gasteiger partial charge in [0, 0.05) is 17.5 Å². The van der Waals surface area contributed by atoms with Crippen molar-refractivity contribution < 1.29 is 24.2 Å². The molecule has 1 N–H and O–H groups in total. The van der Waals surface area contributed by atoms with Crippen molar-refractivity contribution in [2.45, 2.75) is 32.6 Å². The number of rotatable bonds is 5. The van der Waals surface area contributed by atoms with E-state index in [1.54, 1.807) is 24.3 Å². The summed E-state index contributed by atoms with van der Waals surface area (Å²) in [7, 11) is 0. The van der Waals surface area contributed by atoms with Crippen molar-refractivity contribution in [1.29, 1.82) is 0 Å². The summed E-state index contributed by atoms with van der Waals surface area (Å²) in [4.78, 5) is 37.5. The van der Waals surface area contributed by atoms with Crippen molar-refractivity contribution in [3.63, 3.8) is 0 Å². The number of benzene rings is 2. The number of hydrogen-bond acceptors (Lipinski definition) is 5. The monoisotopic (exact) mass is 338 g/mol. The van der Waals surface area contributed by atoms with Crippen molar-refractivity contribution in [3.05, 3.63) is 58.7 Å². The molecule has 2 aromatic rings. The van der Waals surface area contributed by atoms with Crippen LogP contribution in [0.5, 0.6) is 11.5 Å². The Morgan fingerprint density at radius 2 is 1.60 bits per heavy atom. The molecular formula is C20H18O5. The third-order valence-electron chi connectivity index (χ3n) is 4.22. The second-order valence-electron chi connectivity index (χ2n) is 5.97. The Hall–Kier alpha value is -2.95. The number of fused-ring (bicyclic) bond motifs is 2. The normalized spacial score (nSPS) is 12.5. The Bertz CT molecular complexity index is 866. The van der Waals surface area contributed by atoms with Crippen LogP contribution in [-0.2, 0) is 4.79 Å². The lowest BCUT2D eigenvalue weighted by Crippen LogP contribution is -2.23. The van der Waals surface area contributed by atoms with Gasteiger partial charge in [-0.25, -0.2) is 0 Å². The van der Waals surface area contributed by atoms with E-state index in [1.807, 2.05) is 6.92 Å². The lowest BCUT2D eigenvalue weighted by molar-refractivity contribution is -0.134. The van der Waals surface area contributed by atoms with Gasteiger partial charge < -0.3 is 9.84 Å². The van der Waals surface area contributed by atoms with Crippen molar-refractivity contribution >= 4 is 17.5 Å². The number of ether oxygens (including phenoxy) is 1. The van der Waals surface area contributed by atoms with Crippen molar-refractivity contribution in [3.8, 4) is 11.5 Å². The highest BCUT2D eigenvalue weighted by Crippen LogP contribution is 2.38. The van der Waals surface area contributed by atoms with Crippen LogP contribution in [0.3, 0.4) is 0 Å². The first kappa shape index (κ1) is 16.9. The van der Waals surface area contributed by atoms with Gasteiger partial charge in [-0.1, -0.05) is 44.0 Å². The van der Waals surface area contributed by atoms with Crippen LogP contribution >= 0.6 is 0 Å². The molecular weight excluding hydrogens is 320 g/mol. The predicted molar refractivity (Wildman–Crippen MR) is 91.2 cm³/mol. The summed E-state index contributed by atoms with van der Waals surface area (Å²) in [6.45, 7) is 2.03. The smallest absolute Gasteiger partial charge is 0.311 e. The van der Waals surface area contributed by atoms with E-state index in [-0.39, 0.29) is 40.2 Å². The molecule has 0 spiro atoms. The summed E-state index contributed by atoms with van der Waals surface area (Å²) >= 11 is 0. The average molecular weight is 338 g/mol. The van der Waals surface area contributed by atoms with Crippen LogP contribution in [0.1, 0.15) is 64.4 Å². The van der Waals surface area contributed by atoms with Crippen LogP contribution in [0.25, 0.3) is 0 Å². The van der Waals surface area contributed by atoms with Gasteiger partial charge in [-0.3, -0.25) is 14.4 Å². The summed E-state index contributed by atoms with van der Waals surface area (Å²) in [5.74, 6) is -1.62. The summed E-state index contributed by atoms with van der Waals surface area (Å²) in [6.07, 6.45) is 2.83. The second kappa shape index (κ2) is 6.89. The summed E-state index contributed by atoms with van der Waals surface area (Å²) in [5.41, 5.74) is 0.325. The fourth-order valence-electron chi connectivity index (χ4n) is 2.95. The third-order valence-corrected chi connectivity index (χ3v) is 4.22. The quantitative estimate of drug-likeness (QED) is 0.436. The number of unbranched alkanes of at least 4 members (excludes halogenated alkanes) is 2. The second-order valence-corrected chi connectivity index (χ2v) is 5.97. The van der Waals surface area contributed by atoms with Gasteiger partial charge in [0.25, 0.3) is 0 Å². The van der Waals surface area contributed by atoms with E-state index in [0.29, 0.717) is 6.42 Å². The van der Waals surface area contributed by atoms with Gasteiger partial charge >= 0.3 is 5.97 Å². The van der Waals surface area contributed by atoms with Gasteiger partial charge in [0.15, 0.2) is 11.6 Å². The first-order chi connectivity index (χ1) is 12.0. The molecule has 128 valence electrons. The molecule has 0 atom stereocenters. The van der Waals surface area contributed by atoms with Gasteiger partial charge in [0.1, 0.15) is 11.5 Å². The molecule has 1 aliphatic rings. The first-order valence-corrected chi connectivity index (χ1v) is 8.29. The minimum atomic E-state index is -0.458. The van der Waals surface area contributed by atoms with Crippen molar-refractivity contribution in [2.24, 2.45) is 0 Å². The van der Waals surface area contributed by atoms with Crippen LogP contribution in [0.15, 0.2) is 36.4 Å². The average Bonchev–Trinajstić information content (AvgIpc) is 2.61. The Kier molecular flexibility index (Phi) is 4.65. The molecule has 1 aliphatic carbocycles. The van der Waals surface area contributed by atoms with Gasteiger partial charge in [-0.05, 0) is 18.6 Å². The van der Waals surface area contributed by atoms with Crippen LogP contribution < -0.4 is 4.74 Å². The van der Waals surface area contributed by atoms with E-state index in [0.717, 1.165) is 12.8 Å². The molecule has 0 saturated heterocycles. The van der Waals surface area contributed by atoms with Crippen molar-refractivity contribution in [1.82, 2.24) is 0 Å². The van der Waals surface area contributed by atoms with E-state index < -0.39 is 17.5 Å². The topological polar surface area (TPSA) is 80.7 Å². The Labute approximate surface area is 145 Å². The standard InChI is InChI=1S/C20H18O5/c1-2-3-4-9-16(22)25-15-11-10-14(21)17-18(15)20(24)13-8-6-5-7-12(13)19(17)23/h5-8,10-11,21H,2-4,9H2,1H3. The van der Waals surface area contributed by atoms with Crippen LogP contribution in [0, 0.1) is 0 Å².